The number of benzene rings is 1. The Hall–Kier alpha value is -1.20. The zero-order valence-corrected chi connectivity index (χ0v) is 12.0. The van der Waals surface area contributed by atoms with Crippen LogP contribution in [0.4, 0.5) is 8.78 Å². The molecule has 0 aliphatic heterocycles. The molecule has 1 atom stereocenters. The first-order valence-electron chi connectivity index (χ1n) is 6.05. The minimum absolute atomic E-state index is 0.123. The third-order valence-electron chi connectivity index (χ3n) is 2.80. The molecule has 1 N–H and O–H groups in total. The molecule has 0 radical (unpaired) electrons. The van der Waals surface area contributed by atoms with Crippen molar-refractivity contribution in [2.75, 3.05) is 6.54 Å². The molecule has 2 nitrogen and oxygen atoms in total. The van der Waals surface area contributed by atoms with E-state index in [1.54, 1.807) is 24.5 Å². The number of hydrogen-bond acceptors (Lipinski definition) is 2. The van der Waals surface area contributed by atoms with E-state index in [-0.39, 0.29) is 10.5 Å². The zero-order chi connectivity index (χ0) is 13.8. The topological polar surface area (TPSA) is 25.2 Å². The summed E-state index contributed by atoms with van der Waals surface area (Å²) in [7, 11) is 0. The smallest absolute Gasteiger partial charge is 0.173 e. The molecule has 0 bridgehead atoms. The summed E-state index contributed by atoms with van der Waals surface area (Å²) in [6.07, 6.45) is 2.49. The molecule has 0 fully saturated rings. The highest BCUT2D eigenvalue weighted by Gasteiger charge is 2.22. The number of rotatable bonds is 5. The van der Waals surface area contributed by atoms with Gasteiger partial charge in [-0.3, -0.25) is 0 Å². The summed E-state index contributed by atoms with van der Waals surface area (Å²) in [5, 5.41) is 3.26. The third-order valence-corrected chi connectivity index (χ3v) is 3.61. The van der Waals surface area contributed by atoms with Crippen LogP contribution in [0.5, 0.6) is 0 Å². The van der Waals surface area contributed by atoms with Gasteiger partial charge < -0.3 is 9.73 Å². The Morgan fingerprint density at radius 1 is 1.32 bits per heavy atom. The molecule has 2 rings (SSSR count). The quantitative estimate of drug-likeness (QED) is 0.822. The molecule has 0 aliphatic carbocycles. The average Bonchev–Trinajstić information content (AvgIpc) is 2.92. The van der Waals surface area contributed by atoms with Crippen LogP contribution < -0.4 is 5.32 Å². The Bertz CT molecular complexity index is 543. The van der Waals surface area contributed by atoms with Crippen molar-refractivity contribution in [1.29, 1.82) is 0 Å². The molecule has 1 aromatic heterocycles. The maximum Gasteiger partial charge on any atom is 0.173 e. The molecular weight excluding hydrogens is 316 g/mol. The monoisotopic (exact) mass is 329 g/mol. The van der Waals surface area contributed by atoms with Crippen LogP contribution in [0, 0.1) is 11.6 Å². The summed E-state index contributed by atoms with van der Waals surface area (Å²) in [5.74, 6) is -1.09. The minimum atomic E-state index is -0.882. The van der Waals surface area contributed by atoms with E-state index in [0.29, 0.717) is 11.3 Å². The van der Waals surface area contributed by atoms with Crippen molar-refractivity contribution in [2.45, 2.75) is 19.4 Å². The van der Waals surface area contributed by atoms with Gasteiger partial charge in [0, 0.05) is 0 Å². The van der Waals surface area contributed by atoms with Crippen molar-refractivity contribution in [3.8, 4) is 0 Å². The highest BCUT2D eigenvalue weighted by Crippen LogP contribution is 2.31. The molecule has 5 heteroatoms. The Labute approximate surface area is 118 Å². The van der Waals surface area contributed by atoms with Crippen molar-refractivity contribution in [3.05, 3.63) is 58.0 Å². The molecule has 19 heavy (non-hydrogen) atoms. The summed E-state index contributed by atoms with van der Waals surface area (Å²) in [4.78, 5) is 0. The fourth-order valence-electron chi connectivity index (χ4n) is 1.87. The summed E-state index contributed by atoms with van der Waals surface area (Å²) >= 11 is 3.11. The van der Waals surface area contributed by atoms with Gasteiger partial charge in [0.2, 0.25) is 0 Å². The van der Waals surface area contributed by atoms with Gasteiger partial charge in [0.15, 0.2) is 11.6 Å². The predicted molar refractivity (Wildman–Crippen MR) is 72.9 cm³/mol. The fourth-order valence-corrected chi connectivity index (χ4v) is 2.42. The molecule has 0 spiro atoms. The second-order valence-electron chi connectivity index (χ2n) is 4.17. The molecule has 0 saturated carbocycles. The molecule has 0 amide bonds. The first-order chi connectivity index (χ1) is 9.15. The van der Waals surface area contributed by atoms with E-state index in [2.05, 4.69) is 21.2 Å². The van der Waals surface area contributed by atoms with Gasteiger partial charge in [-0.15, -0.1) is 0 Å². The second kappa shape index (κ2) is 6.30. The molecule has 0 saturated heterocycles. The van der Waals surface area contributed by atoms with Gasteiger partial charge in [0.05, 0.1) is 16.8 Å². The lowest BCUT2D eigenvalue weighted by atomic mass is 10.0. The molecule has 2 aromatic rings. The van der Waals surface area contributed by atoms with E-state index in [1.807, 2.05) is 6.92 Å². The standard InChI is InChI=1S/C14H14BrF2NO/c1-2-7-18-14(11-4-3-8-19-11)9-5-6-10(16)13(17)12(9)15/h3-6,8,14,18H,2,7H2,1H3. The van der Waals surface area contributed by atoms with Crippen LogP contribution in [0.15, 0.2) is 39.4 Å². The number of hydrogen-bond donors (Lipinski definition) is 1. The van der Waals surface area contributed by atoms with E-state index < -0.39 is 11.6 Å². The van der Waals surface area contributed by atoms with Gasteiger partial charge in [-0.2, -0.15) is 0 Å². The van der Waals surface area contributed by atoms with E-state index in [4.69, 9.17) is 4.42 Å². The van der Waals surface area contributed by atoms with E-state index in [1.165, 1.54) is 0 Å². The molecule has 1 aromatic carbocycles. The fraction of sp³-hybridized carbons (Fsp3) is 0.286. The summed E-state index contributed by atoms with van der Waals surface area (Å²) in [6, 6.07) is 5.95. The molecule has 102 valence electrons. The van der Waals surface area contributed by atoms with Gasteiger partial charge in [0.1, 0.15) is 5.76 Å². The zero-order valence-electron chi connectivity index (χ0n) is 10.4. The van der Waals surface area contributed by atoms with E-state index in [0.717, 1.165) is 19.0 Å². The Morgan fingerprint density at radius 2 is 2.11 bits per heavy atom. The normalized spacial score (nSPS) is 12.6. The first kappa shape index (κ1) is 14.2. The van der Waals surface area contributed by atoms with Crippen molar-refractivity contribution in [3.63, 3.8) is 0 Å². The number of halogens is 3. The van der Waals surface area contributed by atoms with Gasteiger partial charge in [-0.25, -0.2) is 8.78 Å². The molecule has 1 unspecified atom stereocenters. The van der Waals surface area contributed by atoms with Crippen molar-refractivity contribution in [1.82, 2.24) is 5.32 Å². The van der Waals surface area contributed by atoms with Gasteiger partial charge in [0.25, 0.3) is 0 Å². The Morgan fingerprint density at radius 3 is 2.74 bits per heavy atom. The van der Waals surface area contributed by atoms with Crippen LogP contribution >= 0.6 is 15.9 Å². The second-order valence-corrected chi connectivity index (χ2v) is 4.96. The number of nitrogens with one attached hydrogen (secondary N) is 1. The van der Waals surface area contributed by atoms with Crippen LogP contribution in [0.2, 0.25) is 0 Å². The highest BCUT2D eigenvalue weighted by atomic mass is 79.9. The average molecular weight is 330 g/mol. The van der Waals surface area contributed by atoms with E-state index in [9.17, 15) is 8.78 Å². The Balaban J connectivity index is 2.41. The molecular formula is C14H14BrF2NO. The maximum absolute atomic E-state index is 13.6. The summed E-state index contributed by atoms with van der Waals surface area (Å²) < 4.78 is 32.3. The van der Waals surface area contributed by atoms with Gasteiger partial charge in [-0.1, -0.05) is 13.0 Å². The van der Waals surface area contributed by atoms with Crippen LogP contribution in [0.1, 0.15) is 30.7 Å². The lowest BCUT2D eigenvalue weighted by Crippen LogP contribution is -2.23. The third kappa shape index (κ3) is 3.04. The Kier molecular flexibility index (Phi) is 4.71. The lowest BCUT2D eigenvalue weighted by molar-refractivity contribution is 0.441. The summed E-state index contributed by atoms with van der Waals surface area (Å²) in [6.45, 7) is 2.78. The SMILES string of the molecule is CCCNC(c1ccco1)c1ccc(F)c(F)c1Br. The van der Waals surface area contributed by atoms with Crippen molar-refractivity contribution < 1.29 is 13.2 Å². The van der Waals surface area contributed by atoms with Crippen molar-refractivity contribution in [2.24, 2.45) is 0 Å². The largest absolute Gasteiger partial charge is 0.467 e. The van der Waals surface area contributed by atoms with E-state index >= 15 is 0 Å². The van der Waals surface area contributed by atoms with Crippen LogP contribution in [-0.4, -0.2) is 6.54 Å². The molecule has 0 aliphatic rings. The van der Waals surface area contributed by atoms with Crippen molar-refractivity contribution >= 4 is 15.9 Å². The lowest BCUT2D eigenvalue weighted by Gasteiger charge is -2.18. The summed E-state index contributed by atoms with van der Waals surface area (Å²) in [5.41, 5.74) is 0.613. The van der Waals surface area contributed by atoms with Gasteiger partial charge >= 0.3 is 0 Å². The van der Waals surface area contributed by atoms with Crippen LogP contribution in [0.25, 0.3) is 0 Å². The molecule has 1 heterocycles. The van der Waals surface area contributed by atoms with Crippen LogP contribution in [-0.2, 0) is 0 Å². The predicted octanol–water partition coefficient (Wildman–Crippen LogP) is 4.41. The highest BCUT2D eigenvalue weighted by molar-refractivity contribution is 9.10. The van der Waals surface area contributed by atoms with Crippen LogP contribution in [0.3, 0.4) is 0 Å². The van der Waals surface area contributed by atoms with Gasteiger partial charge in [-0.05, 0) is 52.7 Å². The number of furan rings is 1. The maximum atomic E-state index is 13.6. The first-order valence-corrected chi connectivity index (χ1v) is 6.84. The minimum Gasteiger partial charge on any atom is -0.467 e.